The van der Waals surface area contributed by atoms with Crippen LogP contribution >= 0.6 is 0 Å². The van der Waals surface area contributed by atoms with Crippen molar-refractivity contribution in [2.75, 3.05) is 13.7 Å². The summed E-state index contributed by atoms with van der Waals surface area (Å²) in [7, 11) is 1.59. The monoisotopic (exact) mass is 289 g/mol. The molecule has 0 saturated heterocycles. The molecule has 0 spiro atoms. The van der Waals surface area contributed by atoms with Crippen LogP contribution in [0.15, 0.2) is 24.3 Å². The second-order valence-corrected chi connectivity index (χ2v) is 4.54. The molecular weight excluding hydrogens is 270 g/mol. The number of aromatic amines is 1. The summed E-state index contributed by atoms with van der Waals surface area (Å²) in [5.74, 6) is 1.13. The zero-order chi connectivity index (χ0) is 15.2. The minimum absolute atomic E-state index is 0.216. The maximum absolute atomic E-state index is 11.9. The maximum atomic E-state index is 11.9. The van der Waals surface area contributed by atoms with Gasteiger partial charge >= 0.3 is 0 Å². The van der Waals surface area contributed by atoms with E-state index in [-0.39, 0.29) is 5.91 Å². The summed E-state index contributed by atoms with van der Waals surface area (Å²) in [4.78, 5) is 11.9. The topological polar surface area (TPSA) is 76.2 Å². The van der Waals surface area contributed by atoms with Gasteiger partial charge in [-0.15, -0.1) is 0 Å². The smallest absolute Gasteiger partial charge is 0.272 e. The summed E-state index contributed by atoms with van der Waals surface area (Å²) >= 11 is 0. The lowest BCUT2D eigenvalue weighted by Gasteiger charge is -2.11. The largest absolute Gasteiger partial charge is 0.493 e. The predicted molar refractivity (Wildman–Crippen MR) is 78.7 cm³/mol. The maximum Gasteiger partial charge on any atom is 0.272 e. The molecule has 1 heterocycles. The Bertz CT molecular complexity index is 622. The highest BCUT2D eigenvalue weighted by Crippen LogP contribution is 2.27. The van der Waals surface area contributed by atoms with Crippen molar-refractivity contribution in [3.63, 3.8) is 0 Å². The highest BCUT2D eigenvalue weighted by atomic mass is 16.5. The Hall–Kier alpha value is -2.50. The third-order valence-corrected chi connectivity index (χ3v) is 2.92. The number of aryl methyl sites for hydroxylation is 1. The summed E-state index contributed by atoms with van der Waals surface area (Å²) < 4.78 is 10.7. The van der Waals surface area contributed by atoms with Crippen molar-refractivity contribution in [2.24, 2.45) is 0 Å². The SMILES string of the molecule is CCOc1ccc(CNC(=O)c2cc(C)[nH]n2)cc1OC. The predicted octanol–water partition coefficient (Wildman–Crippen LogP) is 2.06. The van der Waals surface area contributed by atoms with Crippen LogP contribution < -0.4 is 14.8 Å². The molecule has 21 heavy (non-hydrogen) atoms. The quantitative estimate of drug-likeness (QED) is 0.853. The third-order valence-electron chi connectivity index (χ3n) is 2.92. The summed E-state index contributed by atoms with van der Waals surface area (Å²) in [6, 6.07) is 7.28. The van der Waals surface area contributed by atoms with Gasteiger partial charge in [-0.1, -0.05) is 6.07 Å². The Balaban J connectivity index is 2.01. The fraction of sp³-hybridized carbons (Fsp3) is 0.333. The molecule has 0 atom stereocenters. The molecule has 6 heteroatoms. The van der Waals surface area contributed by atoms with Gasteiger partial charge in [0.1, 0.15) is 5.69 Å². The fourth-order valence-corrected chi connectivity index (χ4v) is 1.90. The molecule has 0 radical (unpaired) electrons. The number of H-pyrrole nitrogens is 1. The number of carbonyl (C=O) groups excluding carboxylic acids is 1. The van der Waals surface area contributed by atoms with Gasteiger partial charge in [-0.3, -0.25) is 9.89 Å². The summed E-state index contributed by atoms with van der Waals surface area (Å²) in [5.41, 5.74) is 2.16. The average Bonchev–Trinajstić information content (AvgIpc) is 2.92. The van der Waals surface area contributed by atoms with Gasteiger partial charge in [-0.05, 0) is 37.6 Å². The van der Waals surface area contributed by atoms with Gasteiger partial charge in [-0.25, -0.2) is 0 Å². The molecule has 1 aromatic carbocycles. The van der Waals surface area contributed by atoms with Crippen LogP contribution in [0.4, 0.5) is 0 Å². The van der Waals surface area contributed by atoms with Gasteiger partial charge < -0.3 is 14.8 Å². The summed E-state index contributed by atoms with van der Waals surface area (Å²) in [6.07, 6.45) is 0. The van der Waals surface area contributed by atoms with Crippen LogP contribution in [0.1, 0.15) is 28.7 Å². The van der Waals surface area contributed by atoms with Crippen molar-refractivity contribution in [1.29, 1.82) is 0 Å². The van der Waals surface area contributed by atoms with E-state index in [4.69, 9.17) is 9.47 Å². The molecule has 0 unspecified atom stereocenters. The van der Waals surface area contributed by atoms with Crippen molar-refractivity contribution in [2.45, 2.75) is 20.4 Å². The minimum atomic E-state index is -0.216. The number of amides is 1. The van der Waals surface area contributed by atoms with Crippen LogP contribution in [0.3, 0.4) is 0 Å². The standard InChI is InChI=1S/C15H19N3O3/c1-4-21-13-6-5-11(8-14(13)20-3)9-16-15(19)12-7-10(2)17-18-12/h5-8H,4,9H2,1-3H3,(H,16,19)(H,17,18). The Morgan fingerprint density at radius 1 is 1.33 bits per heavy atom. The third kappa shape index (κ3) is 3.75. The van der Waals surface area contributed by atoms with Crippen molar-refractivity contribution in [1.82, 2.24) is 15.5 Å². The number of benzene rings is 1. The van der Waals surface area contributed by atoms with E-state index in [1.165, 1.54) is 0 Å². The van der Waals surface area contributed by atoms with Gasteiger partial charge in [0.2, 0.25) is 0 Å². The Labute approximate surface area is 123 Å². The molecular formula is C15H19N3O3. The number of rotatable bonds is 6. The number of hydrogen-bond donors (Lipinski definition) is 2. The lowest BCUT2D eigenvalue weighted by Crippen LogP contribution is -2.23. The second kappa shape index (κ2) is 6.78. The molecule has 0 aliphatic rings. The van der Waals surface area contributed by atoms with Gasteiger partial charge in [0.15, 0.2) is 11.5 Å². The van der Waals surface area contributed by atoms with Crippen molar-refractivity contribution < 1.29 is 14.3 Å². The molecule has 2 rings (SSSR count). The van der Waals surface area contributed by atoms with Crippen molar-refractivity contribution >= 4 is 5.91 Å². The summed E-state index contributed by atoms with van der Waals surface area (Å²) in [6.45, 7) is 4.74. The Morgan fingerprint density at radius 3 is 2.76 bits per heavy atom. The first-order valence-electron chi connectivity index (χ1n) is 6.74. The van der Waals surface area contributed by atoms with E-state index in [1.54, 1.807) is 13.2 Å². The number of ether oxygens (including phenoxy) is 2. The van der Waals surface area contributed by atoms with Gasteiger partial charge in [-0.2, -0.15) is 5.10 Å². The molecule has 0 saturated carbocycles. The van der Waals surface area contributed by atoms with Crippen LogP contribution in [0.2, 0.25) is 0 Å². The molecule has 1 amide bonds. The number of methoxy groups -OCH3 is 1. The van der Waals surface area contributed by atoms with Gasteiger partial charge in [0.25, 0.3) is 5.91 Å². The number of carbonyl (C=O) groups is 1. The molecule has 6 nitrogen and oxygen atoms in total. The highest BCUT2D eigenvalue weighted by molar-refractivity contribution is 5.92. The molecule has 0 aliphatic heterocycles. The lowest BCUT2D eigenvalue weighted by atomic mass is 10.2. The van der Waals surface area contributed by atoms with E-state index in [0.717, 1.165) is 11.3 Å². The van der Waals surface area contributed by atoms with E-state index in [9.17, 15) is 4.79 Å². The Morgan fingerprint density at radius 2 is 2.14 bits per heavy atom. The molecule has 0 aliphatic carbocycles. The van der Waals surface area contributed by atoms with Crippen LogP contribution in [-0.4, -0.2) is 29.8 Å². The van der Waals surface area contributed by atoms with E-state index in [1.807, 2.05) is 32.0 Å². The highest BCUT2D eigenvalue weighted by Gasteiger charge is 2.10. The van der Waals surface area contributed by atoms with Crippen molar-refractivity contribution in [3.8, 4) is 11.5 Å². The van der Waals surface area contributed by atoms with Crippen LogP contribution in [-0.2, 0) is 6.54 Å². The zero-order valence-corrected chi connectivity index (χ0v) is 12.4. The summed E-state index contributed by atoms with van der Waals surface area (Å²) in [5, 5.41) is 9.47. The average molecular weight is 289 g/mol. The zero-order valence-electron chi connectivity index (χ0n) is 12.4. The molecule has 112 valence electrons. The number of hydrogen-bond acceptors (Lipinski definition) is 4. The first kappa shape index (κ1) is 14.9. The van der Waals surface area contributed by atoms with Crippen LogP contribution in [0.25, 0.3) is 0 Å². The van der Waals surface area contributed by atoms with E-state index < -0.39 is 0 Å². The second-order valence-electron chi connectivity index (χ2n) is 4.54. The van der Waals surface area contributed by atoms with Gasteiger partial charge in [0.05, 0.1) is 13.7 Å². The lowest BCUT2D eigenvalue weighted by molar-refractivity contribution is 0.0946. The minimum Gasteiger partial charge on any atom is -0.493 e. The number of nitrogens with zero attached hydrogens (tertiary/aromatic N) is 1. The van der Waals surface area contributed by atoms with Crippen molar-refractivity contribution in [3.05, 3.63) is 41.2 Å². The van der Waals surface area contributed by atoms with E-state index in [0.29, 0.717) is 30.3 Å². The first-order chi connectivity index (χ1) is 10.1. The van der Waals surface area contributed by atoms with Crippen LogP contribution in [0, 0.1) is 6.92 Å². The molecule has 0 fully saturated rings. The fourth-order valence-electron chi connectivity index (χ4n) is 1.90. The van der Waals surface area contributed by atoms with E-state index >= 15 is 0 Å². The van der Waals surface area contributed by atoms with Gasteiger partial charge in [0, 0.05) is 12.2 Å². The normalized spacial score (nSPS) is 10.2. The van der Waals surface area contributed by atoms with E-state index in [2.05, 4.69) is 15.5 Å². The van der Waals surface area contributed by atoms with Crippen LogP contribution in [0.5, 0.6) is 11.5 Å². The number of aromatic nitrogens is 2. The molecule has 1 aromatic heterocycles. The molecule has 2 N–H and O–H groups in total. The first-order valence-corrected chi connectivity index (χ1v) is 6.74. The Kier molecular flexibility index (Phi) is 4.81. The number of nitrogens with one attached hydrogen (secondary N) is 2. The molecule has 2 aromatic rings. The molecule has 0 bridgehead atoms.